The van der Waals surface area contributed by atoms with Crippen LogP contribution < -0.4 is 10.6 Å². The predicted octanol–water partition coefficient (Wildman–Crippen LogP) is 2.47. The highest BCUT2D eigenvalue weighted by Gasteiger charge is 2.21. The third-order valence-corrected chi connectivity index (χ3v) is 3.42. The Morgan fingerprint density at radius 2 is 1.80 bits per heavy atom. The molecule has 0 aliphatic heterocycles. The minimum absolute atomic E-state index is 0.247. The van der Waals surface area contributed by atoms with E-state index < -0.39 is 5.60 Å². The van der Waals surface area contributed by atoms with Gasteiger partial charge in [-0.25, -0.2) is 4.79 Å². The SMILES string of the molecule is CCNC(=NCC(C)(C)OC)NCC(C)CN(C)C(=O)OC(C)(C)C. The highest BCUT2D eigenvalue weighted by atomic mass is 16.6. The Labute approximate surface area is 153 Å². The number of amides is 1. The molecular weight excluding hydrogens is 320 g/mol. The van der Waals surface area contributed by atoms with E-state index in [0.717, 1.165) is 12.5 Å². The van der Waals surface area contributed by atoms with Crippen molar-refractivity contribution in [1.82, 2.24) is 15.5 Å². The number of hydrogen-bond acceptors (Lipinski definition) is 4. The van der Waals surface area contributed by atoms with Crippen molar-refractivity contribution in [2.75, 3.05) is 40.3 Å². The van der Waals surface area contributed by atoms with Crippen LogP contribution >= 0.6 is 0 Å². The standard InChI is InChI=1S/C18H38N4O3/c1-10-19-15(21-13-18(6,7)24-9)20-11-14(2)12-22(8)16(23)25-17(3,4)5/h14H,10-13H2,1-9H3,(H2,19,20,21). The van der Waals surface area contributed by atoms with E-state index in [4.69, 9.17) is 9.47 Å². The summed E-state index contributed by atoms with van der Waals surface area (Å²) in [7, 11) is 3.44. The minimum atomic E-state index is -0.480. The zero-order chi connectivity index (χ0) is 19.7. The van der Waals surface area contributed by atoms with Gasteiger partial charge in [0.1, 0.15) is 5.60 Å². The first-order chi connectivity index (χ1) is 11.4. The number of nitrogens with zero attached hydrogens (tertiary/aromatic N) is 2. The summed E-state index contributed by atoms with van der Waals surface area (Å²) in [6, 6.07) is 0. The number of guanidine groups is 1. The maximum atomic E-state index is 12.0. The van der Waals surface area contributed by atoms with Crippen LogP contribution in [0.2, 0.25) is 0 Å². The first kappa shape index (κ1) is 23.5. The molecule has 7 heteroatoms. The van der Waals surface area contributed by atoms with Crippen molar-refractivity contribution in [2.45, 2.75) is 59.7 Å². The van der Waals surface area contributed by atoms with E-state index in [1.165, 1.54) is 0 Å². The van der Waals surface area contributed by atoms with Crippen LogP contribution in [0.15, 0.2) is 4.99 Å². The Hall–Kier alpha value is -1.50. The van der Waals surface area contributed by atoms with E-state index >= 15 is 0 Å². The van der Waals surface area contributed by atoms with Gasteiger partial charge in [-0.1, -0.05) is 6.92 Å². The Kier molecular flexibility index (Phi) is 9.85. The fraction of sp³-hybridized carbons (Fsp3) is 0.889. The summed E-state index contributed by atoms with van der Waals surface area (Å²) in [6.07, 6.45) is -0.304. The molecule has 0 aromatic heterocycles. The third-order valence-electron chi connectivity index (χ3n) is 3.42. The molecule has 0 aliphatic carbocycles. The Bertz CT molecular complexity index is 431. The lowest BCUT2D eigenvalue weighted by molar-refractivity contribution is 0.0276. The number of carbonyl (C=O) groups is 1. The number of carbonyl (C=O) groups excluding carboxylic acids is 1. The number of nitrogens with one attached hydrogen (secondary N) is 2. The first-order valence-electron chi connectivity index (χ1n) is 8.91. The number of aliphatic imine (C=N–C) groups is 1. The van der Waals surface area contributed by atoms with Crippen LogP contribution in [-0.2, 0) is 9.47 Å². The van der Waals surface area contributed by atoms with Gasteiger partial charge in [-0.15, -0.1) is 0 Å². The van der Waals surface area contributed by atoms with Crippen LogP contribution in [0.1, 0.15) is 48.5 Å². The van der Waals surface area contributed by atoms with Crippen LogP contribution in [-0.4, -0.2) is 68.5 Å². The molecule has 1 unspecified atom stereocenters. The van der Waals surface area contributed by atoms with Crippen molar-refractivity contribution < 1.29 is 14.3 Å². The fourth-order valence-corrected chi connectivity index (χ4v) is 1.89. The van der Waals surface area contributed by atoms with Crippen LogP contribution in [0.4, 0.5) is 4.79 Å². The van der Waals surface area contributed by atoms with Gasteiger partial charge in [0.05, 0.1) is 12.1 Å². The quantitative estimate of drug-likeness (QED) is 0.515. The van der Waals surface area contributed by atoms with Crippen molar-refractivity contribution in [2.24, 2.45) is 10.9 Å². The number of hydrogen-bond donors (Lipinski definition) is 2. The number of ether oxygens (including phenoxy) is 2. The molecule has 0 aromatic rings. The lowest BCUT2D eigenvalue weighted by Crippen LogP contribution is -2.43. The smallest absolute Gasteiger partial charge is 0.410 e. The summed E-state index contributed by atoms with van der Waals surface area (Å²) in [6.45, 7) is 16.3. The Morgan fingerprint density at radius 1 is 1.20 bits per heavy atom. The maximum absolute atomic E-state index is 12.0. The third kappa shape index (κ3) is 11.6. The molecule has 0 aliphatic rings. The van der Waals surface area contributed by atoms with E-state index in [-0.39, 0.29) is 17.6 Å². The highest BCUT2D eigenvalue weighted by Crippen LogP contribution is 2.10. The van der Waals surface area contributed by atoms with Gasteiger partial charge in [0.15, 0.2) is 5.96 Å². The minimum Gasteiger partial charge on any atom is -0.444 e. The Balaban J connectivity index is 4.49. The second-order valence-electron chi connectivity index (χ2n) is 8.01. The summed E-state index contributed by atoms with van der Waals surface area (Å²) in [5.74, 6) is 0.996. The van der Waals surface area contributed by atoms with Crippen molar-refractivity contribution >= 4 is 12.1 Å². The summed E-state index contributed by atoms with van der Waals surface area (Å²) < 4.78 is 10.8. The molecule has 0 radical (unpaired) electrons. The van der Waals surface area contributed by atoms with Crippen LogP contribution in [0, 0.1) is 5.92 Å². The Morgan fingerprint density at radius 3 is 2.28 bits per heavy atom. The van der Waals surface area contributed by atoms with Gasteiger partial charge in [-0.3, -0.25) is 4.99 Å². The van der Waals surface area contributed by atoms with Gasteiger partial charge < -0.3 is 25.0 Å². The normalized spacial score (nSPS) is 14.0. The van der Waals surface area contributed by atoms with Gasteiger partial charge in [0.2, 0.25) is 0 Å². The molecule has 1 atom stereocenters. The molecule has 7 nitrogen and oxygen atoms in total. The van der Waals surface area contributed by atoms with Crippen molar-refractivity contribution in [3.63, 3.8) is 0 Å². The van der Waals surface area contributed by atoms with Gasteiger partial charge in [-0.2, -0.15) is 0 Å². The van der Waals surface area contributed by atoms with Gasteiger partial charge in [0, 0.05) is 33.8 Å². The molecule has 25 heavy (non-hydrogen) atoms. The second kappa shape index (κ2) is 10.5. The molecule has 0 rings (SSSR count). The van der Waals surface area contributed by atoms with Crippen molar-refractivity contribution in [3.8, 4) is 0 Å². The molecular formula is C18H38N4O3. The molecule has 0 saturated heterocycles. The fourth-order valence-electron chi connectivity index (χ4n) is 1.89. The second-order valence-corrected chi connectivity index (χ2v) is 8.01. The zero-order valence-corrected chi connectivity index (χ0v) is 17.5. The van der Waals surface area contributed by atoms with Gasteiger partial charge in [-0.05, 0) is 47.5 Å². The molecule has 1 amide bonds. The summed E-state index contributed by atoms with van der Waals surface area (Å²) in [5, 5.41) is 6.53. The average molecular weight is 359 g/mol. The van der Waals surface area contributed by atoms with E-state index in [0.29, 0.717) is 19.6 Å². The largest absolute Gasteiger partial charge is 0.444 e. The lowest BCUT2D eigenvalue weighted by Gasteiger charge is -2.27. The molecule has 0 fully saturated rings. The molecule has 148 valence electrons. The van der Waals surface area contributed by atoms with Crippen LogP contribution in [0.5, 0.6) is 0 Å². The van der Waals surface area contributed by atoms with E-state index in [1.807, 2.05) is 41.5 Å². The predicted molar refractivity (Wildman–Crippen MR) is 103 cm³/mol. The summed E-state index contributed by atoms with van der Waals surface area (Å²) in [4.78, 5) is 18.2. The average Bonchev–Trinajstić information content (AvgIpc) is 2.48. The zero-order valence-electron chi connectivity index (χ0n) is 17.5. The molecule has 0 aromatic carbocycles. The molecule has 2 N–H and O–H groups in total. The number of methoxy groups -OCH3 is 1. The van der Waals surface area contributed by atoms with Gasteiger partial charge >= 0.3 is 6.09 Å². The lowest BCUT2D eigenvalue weighted by atomic mass is 10.1. The van der Waals surface area contributed by atoms with Gasteiger partial charge in [0.25, 0.3) is 0 Å². The van der Waals surface area contributed by atoms with E-state index in [1.54, 1.807) is 19.1 Å². The molecule has 0 saturated carbocycles. The van der Waals surface area contributed by atoms with Crippen LogP contribution in [0.3, 0.4) is 0 Å². The molecule has 0 heterocycles. The molecule has 0 bridgehead atoms. The first-order valence-corrected chi connectivity index (χ1v) is 8.91. The summed E-state index contributed by atoms with van der Waals surface area (Å²) in [5.41, 5.74) is -0.781. The van der Waals surface area contributed by atoms with E-state index in [9.17, 15) is 4.79 Å². The van der Waals surface area contributed by atoms with Crippen LogP contribution in [0.25, 0.3) is 0 Å². The van der Waals surface area contributed by atoms with E-state index in [2.05, 4.69) is 22.5 Å². The van der Waals surface area contributed by atoms with Crippen molar-refractivity contribution in [3.05, 3.63) is 0 Å². The maximum Gasteiger partial charge on any atom is 0.410 e. The highest BCUT2D eigenvalue weighted by molar-refractivity contribution is 5.79. The monoisotopic (exact) mass is 358 g/mol. The number of rotatable bonds is 8. The molecule has 0 spiro atoms. The topological polar surface area (TPSA) is 75.2 Å². The van der Waals surface area contributed by atoms with Crippen molar-refractivity contribution in [1.29, 1.82) is 0 Å². The summed E-state index contributed by atoms with van der Waals surface area (Å²) >= 11 is 0.